The van der Waals surface area contributed by atoms with E-state index < -0.39 is 0 Å². The summed E-state index contributed by atoms with van der Waals surface area (Å²) in [6.07, 6.45) is 0. The molecule has 0 aliphatic rings. The van der Waals surface area contributed by atoms with Gasteiger partial charge in [-0.05, 0) is 5.04 Å². The molecule has 0 radical (unpaired) electrons. The van der Waals surface area contributed by atoms with E-state index in [4.69, 9.17) is 0 Å². The molecule has 1 heterocycles. The molecule has 0 spiro atoms. The summed E-state index contributed by atoms with van der Waals surface area (Å²) >= 11 is 1.80. The van der Waals surface area contributed by atoms with Crippen LogP contribution in [0.1, 0.15) is 44.3 Å². The number of hydrogen-bond acceptors (Lipinski definition) is 2. The zero-order valence-electron chi connectivity index (χ0n) is 8.51. The van der Waals surface area contributed by atoms with Crippen molar-refractivity contribution in [2.75, 3.05) is 0 Å². The fourth-order valence-corrected chi connectivity index (χ4v) is 2.42. The molecule has 1 rings (SSSR count). The molecule has 0 atom stereocenters. The summed E-state index contributed by atoms with van der Waals surface area (Å²) in [5.41, 5.74) is 1.28. The van der Waals surface area contributed by atoms with Crippen molar-refractivity contribution < 1.29 is 0 Å². The van der Waals surface area contributed by atoms with Gasteiger partial charge < -0.3 is 0 Å². The molecule has 0 N–H and O–H groups in total. The fraction of sp³-hybridized carbons (Fsp3) is 0.667. The molecule has 0 saturated carbocycles. The molecule has 12 heavy (non-hydrogen) atoms. The van der Waals surface area contributed by atoms with Crippen molar-refractivity contribution in [2.45, 2.75) is 38.7 Å². The summed E-state index contributed by atoms with van der Waals surface area (Å²) < 4.78 is 0. The van der Waals surface area contributed by atoms with Crippen LogP contribution in [0.3, 0.4) is 0 Å². The Balaban J connectivity index is 2.92. The lowest BCUT2D eigenvalue weighted by Crippen LogP contribution is -2.17. The first kappa shape index (κ1) is 9.93. The van der Waals surface area contributed by atoms with Crippen LogP contribution >= 0.6 is 11.3 Å². The van der Waals surface area contributed by atoms with E-state index in [9.17, 15) is 0 Å². The molecule has 1 nitrogen and oxygen atoms in total. The predicted octanol–water partition coefficient (Wildman–Crippen LogP) is 1.87. The van der Waals surface area contributed by atoms with Gasteiger partial charge in [-0.2, -0.15) is 0 Å². The highest BCUT2D eigenvalue weighted by Gasteiger charge is 2.17. The van der Waals surface area contributed by atoms with Gasteiger partial charge >= 0.3 is 0 Å². The molecule has 1 aromatic rings. The van der Waals surface area contributed by atoms with Crippen LogP contribution in [0.5, 0.6) is 0 Å². The average molecular weight is 199 g/mol. The molecule has 1 aromatic heterocycles. The number of aromatic nitrogens is 1. The summed E-state index contributed by atoms with van der Waals surface area (Å²) in [6, 6.07) is 0. The molecule has 0 saturated heterocycles. The topological polar surface area (TPSA) is 12.9 Å². The van der Waals surface area contributed by atoms with E-state index in [1.54, 1.807) is 11.3 Å². The highest BCUT2D eigenvalue weighted by atomic mass is 32.1. The monoisotopic (exact) mass is 199 g/mol. The van der Waals surface area contributed by atoms with Crippen LogP contribution in [0, 0.1) is 0 Å². The number of rotatable bonds is 2. The molecule has 0 aliphatic heterocycles. The van der Waals surface area contributed by atoms with Crippen LogP contribution < -0.4 is 0 Å². The zero-order valence-corrected chi connectivity index (χ0v) is 11.3. The van der Waals surface area contributed by atoms with E-state index in [1.807, 2.05) is 0 Å². The fourth-order valence-electron chi connectivity index (χ4n) is 0.897. The highest BCUT2D eigenvalue weighted by molar-refractivity contribution is 7.09. The van der Waals surface area contributed by atoms with Crippen molar-refractivity contribution in [2.24, 2.45) is 0 Å². The largest absolute Gasteiger partial charge is 0.246 e. The van der Waals surface area contributed by atoms with Crippen LogP contribution in [-0.2, 0) is 5.04 Å². The second-order valence-electron chi connectivity index (χ2n) is 4.48. The second kappa shape index (κ2) is 3.30. The third-order valence-electron chi connectivity index (χ3n) is 1.78. The van der Waals surface area contributed by atoms with Crippen molar-refractivity contribution in [3.63, 3.8) is 0 Å². The Morgan fingerprint density at radius 1 is 1.50 bits per heavy atom. The summed E-state index contributed by atoms with van der Waals surface area (Å²) in [5.74, 6) is 0.577. The van der Waals surface area contributed by atoms with Gasteiger partial charge in [-0.25, -0.2) is 4.98 Å². The van der Waals surface area contributed by atoms with Crippen molar-refractivity contribution in [1.29, 1.82) is 0 Å². The first-order chi connectivity index (χ1) is 5.41. The standard InChI is InChI=1S/C9H17NSSi/c1-6(2)8-10-7(5-11-8)9(3,4)12/h5-6H,1-4,12H3. The van der Waals surface area contributed by atoms with Gasteiger partial charge in [-0.15, -0.1) is 11.3 Å². The molecule has 0 amide bonds. The minimum atomic E-state index is 0.337. The second-order valence-corrected chi connectivity index (χ2v) is 7.87. The van der Waals surface area contributed by atoms with Gasteiger partial charge in [-0.3, -0.25) is 0 Å². The van der Waals surface area contributed by atoms with Crippen molar-refractivity contribution in [3.05, 3.63) is 16.1 Å². The maximum atomic E-state index is 4.63. The summed E-state index contributed by atoms with van der Waals surface area (Å²) in [4.78, 5) is 4.63. The van der Waals surface area contributed by atoms with Gasteiger partial charge in [0.1, 0.15) is 0 Å². The number of nitrogens with zero attached hydrogens (tertiary/aromatic N) is 1. The van der Waals surface area contributed by atoms with E-state index >= 15 is 0 Å². The van der Waals surface area contributed by atoms with Crippen LogP contribution in [0.4, 0.5) is 0 Å². The molecule has 3 heteroatoms. The van der Waals surface area contributed by atoms with E-state index in [2.05, 4.69) is 38.1 Å². The van der Waals surface area contributed by atoms with Gasteiger partial charge in [0.05, 0.1) is 10.7 Å². The van der Waals surface area contributed by atoms with Crippen LogP contribution in [0.2, 0.25) is 0 Å². The Kier molecular flexibility index (Phi) is 2.73. The first-order valence-corrected chi connectivity index (χ1v) is 6.25. The summed E-state index contributed by atoms with van der Waals surface area (Å²) in [6.45, 7) is 8.92. The van der Waals surface area contributed by atoms with E-state index in [-0.39, 0.29) is 0 Å². The lowest BCUT2D eigenvalue weighted by molar-refractivity contribution is 0.723. The molecular formula is C9H17NSSi. The van der Waals surface area contributed by atoms with Gasteiger partial charge in [0.15, 0.2) is 0 Å². The van der Waals surface area contributed by atoms with Crippen molar-refractivity contribution in [1.82, 2.24) is 4.98 Å². The van der Waals surface area contributed by atoms with E-state index in [0.717, 1.165) is 0 Å². The lowest BCUT2D eigenvalue weighted by atomic mass is 10.1. The molecule has 0 unspecified atom stereocenters. The molecule has 68 valence electrons. The minimum Gasteiger partial charge on any atom is -0.246 e. The average Bonchev–Trinajstić information content (AvgIpc) is 2.30. The predicted molar refractivity (Wildman–Crippen MR) is 59.2 cm³/mol. The molecule has 0 bridgehead atoms. The summed E-state index contributed by atoms with van der Waals surface area (Å²) in [7, 11) is 1.17. The SMILES string of the molecule is CC(C)c1nc(C(C)(C)[SiH3])cs1. The first-order valence-electron chi connectivity index (χ1n) is 4.37. The van der Waals surface area contributed by atoms with Crippen LogP contribution in [0.15, 0.2) is 5.38 Å². The Hall–Kier alpha value is -0.153. The molecule has 0 aliphatic carbocycles. The van der Waals surface area contributed by atoms with Gasteiger partial charge in [0, 0.05) is 21.5 Å². The van der Waals surface area contributed by atoms with E-state index in [0.29, 0.717) is 11.0 Å². The zero-order chi connectivity index (χ0) is 9.35. The Labute approximate surface area is 81.7 Å². The van der Waals surface area contributed by atoms with Gasteiger partial charge in [0.2, 0.25) is 0 Å². The Morgan fingerprint density at radius 3 is 2.33 bits per heavy atom. The number of hydrogen-bond donors (Lipinski definition) is 0. The van der Waals surface area contributed by atoms with Gasteiger partial charge in [0.25, 0.3) is 0 Å². The lowest BCUT2D eigenvalue weighted by Gasteiger charge is -2.14. The smallest absolute Gasteiger partial charge is 0.0953 e. The van der Waals surface area contributed by atoms with Crippen LogP contribution in [-0.4, -0.2) is 15.2 Å². The molecule has 0 aromatic carbocycles. The maximum absolute atomic E-state index is 4.63. The van der Waals surface area contributed by atoms with Crippen LogP contribution in [0.25, 0.3) is 0 Å². The minimum absolute atomic E-state index is 0.337. The summed E-state index contributed by atoms with van der Waals surface area (Å²) in [5, 5.41) is 3.82. The van der Waals surface area contributed by atoms with Gasteiger partial charge in [-0.1, -0.05) is 27.7 Å². The van der Waals surface area contributed by atoms with Crippen molar-refractivity contribution in [3.8, 4) is 0 Å². The number of thiazole rings is 1. The highest BCUT2D eigenvalue weighted by Crippen LogP contribution is 2.25. The molecular weight excluding hydrogens is 182 g/mol. The Bertz CT molecular complexity index is 260. The third kappa shape index (κ3) is 2.17. The third-order valence-corrected chi connectivity index (χ3v) is 3.44. The van der Waals surface area contributed by atoms with Crippen molar-refractivity contribution >= 4 is 21.6 Å². The molecule has 0 fully saturated rings. The van der Waals surface area contributed by atoms with E-state index in [1.165, 1.54) is 20.9 Å². The maximum Gasteiger partial charge on any atom is 0.0953 e. The quantitative estimate of drug-likeness (QED) is 0.663. The Morgan fingerprint density at radius 2 is 2.08 bits per heavy atom. The normalized spacial score (nSPS) is 12.8.